The number of carbonyl (C=O) groups excluding carboxylic acids is 1. The van der Waals surface area contributed by atoms with Crippen LogP contribution in [-0.2, 0) is 21.5 Å². The molecular formula is C16H16N2O4S. The molecule has 1 amide bonds. The molecule has 0 radical (unpaired) electrons. The molecule has 1 heterocycles. The zero-order valence-corrected chi connectivity index (χ0v) is 13.4. The van der Waals surface area contributed by atoms with Gasteiger partial charge >= 0.3 is 10.2 Å². The monoisotopic (exact) mass is 332 g/mol. The van der Waals surface area contributed by atoms with Gasteiger partial charge < -0.3 is 4.74 Å². The topological polar surface area (TPSA) is 66.9 Å². The van der Waals surface area contributed by atoms with E-state index in [2.05, 4.69) is 0 Å². The first kappa shape index (κ1) is 15.4. The molecule has 1 saturated heterocycles. The summed E-state index contributed by atoms with van der Waals surface area (Å²) in [6.45, 7) is -0.170. The van der Waals surface area contributed by atoms with E-state index in [-0.39, 0.29) is 13.1 Å². The van der Waals surface area contributed by atoms with Crippen LogP contribution < -0.4 is 9.04 Å². The second-order valence-electron chi connectivity index (χ2n) is 5.10. The molecule has 23 heavy (non-hydrogen) atoms. The normalized spacial score (nSPS) is 16.7. The number of carbonyl (C=O) groups is 1. The maximum Gasteiger partial charge on any atom is 0.329 e. The number of nitrogens with zero attached hydrogens (tertiary/aromatic N) is 2. The predicted molar refractivity (Wildman–Crippen MR) is 86.3 cm³/mol. The summed E-state index contributed by atoms with van der Waals surface area (Å²) < 4.78 is 32.4. The fourth-order valence-corrected chi connectivity index (χ4v) is 3.94. The molecule has 0 atom stereocenters. The summed E-state index contributed by atoms with van der Waals surface area (Å²) in [4.78, 5) is 12.2. The standard InChI is InChI=1S/C16H16N2O4S/c1-22-15-9-7-13(8-10-15)11-18-16(19)12-17(23(18,20)21)14-5-3-2-4-6-14/h2-10H,11-12H2,1H3. The van der Waals surface area contributed by atoms with Gasteiger partial charge in [-0.3, -0.25) is 4.79 Å². The molecule has 3 rings (SSSR count). The smallest absolute Gasteiger partial charge is 0.329 e. The van der Waals surface area contributed by atoms with Gasteiger partial charge in [-0.2, -0.15) is 8.42 Å². The maximum atomic E-state index is 12.6. The third kappa shape index (κ3) is 2.87. The Morgan fingerprint density at radius 1 is 1.04 bits per heavy atom. The Morgan fingerprint density at radius 2 is 1.70 bits per heavy atom. The number of methoxy groups -OCH3 is 1. The molecule has 0 bridgehead atoms. The molecule has 1 fully saturated rings. The second kappa shape index (κ2) is 5.92. The number of hydrogen-bond donors (Lipinski definition) is 0. The fraction of sp³-hybridized carbons (Fsp3) is 0.188. The lowest BCUT2D eigenvalue weighted by Gasteiger charge is -2.19. The molecule has 0 N–H and O–H groups in total. The van der Waals surface area contributed by atoms with Crippen LogP contribution in [0.2, 0.25) is 0 Å². The number of ether oxygens (including phenoxy) is 1. The summed E-state index contributed by atoms with van der Waals surface area (Å²) in [7, 11) is -2.30. The highest BCUT2D eigenvalue weighted by Gasteiger charge is 2.42. The lowest BCUT2D eigenvalue weighted by Crippen LogP contribution is -2.33. The van der Waals surface area contributed by atoms with Gasteiger partial charge in [-0.25, -0.2) is 8.61 Å². The number of benzene rings is 2. The SMILES string of the molecule is COc1ccc(CN2C(=O)CN(c3ccccc3)S2(=O)=O)cc1. The largest absolute Gasteiger partial charge is 0.497 e. The quantitative estimate of drug-likeness (QED) is 0.856. The molecule has 1 aliphatic rings. The van der Waals surface area contributed by atoms with E-state index >= 15 is 0 Å². The molecule has 2 aromatic carbocycles. The number of para-hydroxylation sites is 1. The summed E-state index contributed by atoms with van der Waals surface area (Å²) >= 11 is 0. The number of rotatable bonds is 4. The van der Waals surface area contributed by atoms with Gasteiger partial charge in [0.1, 0.15) is 12.3 Å². The van der Waals surface area contributed by atoms with E-state index in [4.69, 9.17) is 4.74 Å². The molecule has 6 nitrogen and oxygen atoms in total. The highest BCUT2D eigenvalue weighted by molar-refractivity contribution is 7.91. The molecule has 0 saturated carbocycles. The first-order valence-corrected chi connectivity index (χ1v) is 8.43. The van der Waals surface area contributed by atoms with Crippen LogP contribution in [0.25, 0.3) is 0 Å². The maximum absolute atomic E-state index is 12.6. The van der Waals surface area contributed by atoms with Gasteiger partial charge in [-0.1, -0.05) is 30.3 Å². The Balaban J connectivity index is 1.86. The summed E-state index contributed by atoms with van der Waals surface area (Å²) in [5.74, 6) is 0.236. The molecule has 7 heteroatoms. The van der Waals surface area contributed by atoms with Crippen LogP contribution in [0.3, 0.4) is 0 Å². The number of amides is 1. The van der Waals surface area contributed by atoms with Crippen LogP contribution in [0, 0.1) is 0 Å². The highest BCUT2D eigenvalue weighted by Crippen LogP contribution is 2.27. The average Bonchev–Trinajstić information content (AvgIpc) is 2.79. The molecule has 0 aliphatic carbocycles. The van der Waals surface area contributed by atoms with E-state index in [1.807, 2.05) is 0 Å². The van der Waals surface area contributed by atoms with Crippen molar-refractivity contribution in [3.8, 4) is 5.75 Å². The van der Waals surface area contributed by atoms with Gasteiger partial charge in [0.15, 0.2) is 0 Å². The minimum absolute atomic E-state index is 0.00843. The summed E-state index contributed by atoms with van der Waals surface area (Å²) in [5.41, 5.74) is 1.20. The van der Waals surface area contributed by atoms with Crippen LogP contribution >= 0.6 is 0 Å². The lowest BCUT2D eigenvalue weighted by atomic mass is 10.2. The first-order valence-electron chi connectivity index (χ1n) is 7.03. The van der Waals surface area contributed by atoms with Crippen LogP contribution in [0.15, 0.2) is 54.6 Å². The first-order chi connectivity index (χ1) is 11.0. The van der Waals surface area contributed by atoms with E-state index in [1.165, 1.54) is 0 Å². The Bertz CT molecular complexity index is 804. The van der Waals surface area contributed by atoms with Gasteiger partial charge in [0.2, 0.25) is 0 Å². The number of hydrogen-bond acceptors (Lipinski definition) is 4. The zero-order chi connectivity index (χ0) is 16.4. The Kier molecular flexibility index (Phi) is 3.96. The van der Waals surface area contributed by atoms with Crippen molar-refractivity contribution >= 4 is 21.8 Å². The van der Waals surface area contributed by atoms with E-state index in [9.17, 15) is 13.2 Å². The van der Waals surface area contributed by atoms with Gasteiger partial charge in [0.05, 0.1) is 19.3 Å². The van der Waals surface area contributed by atoms with Crippen LogP contribution in [0.4, 0.5) is 5.69 Å². The average molecular weight is 332 g/mol. The van der Waals surface area contributed by atoms with Crippen LogP contribution in [0.1, 0.15) is 5.56 Å². The third-order valence-electron chi connectivity index (χ3n) is 3.64. The highest BCUT2D eigenvalue weighted by atomic mass is 32.2. The Morgan fingerprint density at radius 3 is 2.30 bits per heavy atom. The van der Waals surface area contributed by atoms with E-state index in [1.54, 1.807) is 61.7 Å². The molecular weight excluding hydrogens is 316 g/mol. The summed E-state index contributed by atoms with van der Waals surface area (Å²) in [6.07, 6.45) is 0. The lowest BCUT2D eigenvalue weighted by molar-refractivity contribution is -0.124. The van der Waals surface area contributed by atoms with Gasteiger partial charge in [-0.05, 0) is 29.8 Å². The fourth-order valence-electron chi connectivity index (χ4n) is 2.42. The van der Waals surface area contributed by atoms with Crippen molar-refractivity contribution in [2.75, 3.05) is 18.0 Å². The van der Waals surface area contributed by atoms with Gasteiger partial charge in [-0.15, -0.1) is 0 Å². The van der Waals surface area contributed by atoms with Crippen LogP contribution in [0.5, 0.6) is 5.75 Å². The van der Waals surface area contributed by atoms with Crippen molar-refractivity contribution in [2.45, 2.75) is 6.54 Å². The minimum atomic E-state index is -3.86. The molecule has 0 spiro atoms. The van der Waals surface area contributed by atoms with Crippen molar-refractivity contribution in [1.29, 1.82) is 0 Å². The van der Waals surface area contributed by atoms with Crippen molar-refractivity contribution in [2.24, 2.45) is 0 Å². The Hall–Kier alpha value is -2.54. The van der Waals surface area contributed by atoms with E-state index in [0.717, 1.165) is 14.2 Å². The van der Waals surface area contributed by atoms with Gasteiger partial charge in [0, 0.05) is 0 Å². The molecule has 120 valence electrons. The molecule has 1 aliphatic heterocycles. The van der Waals surface area contributed by atoms with Crippen molar-refractivity contribution in [1.82, 2.24) is 4.31 Å². The third-order valence-corrected chi connectivity index (χ3v) is 5.43. The Labute approximate surface area is 135 Å². The van der Waals surface area contributed by atoms with Crippen molar-refractivity contribution < 1.29 is 17.9 Å². The molecule has 0 unspecified atom stereocenters. The number of anilines is 1. The molecule has 2 aromatic rings. The second-order valence-corrected chi connectivity index (χ2v) is 6.88. The van der Waals surface area contributed by atoms with Crippen LogP contribution in [-0.4, -0.2) is 32.3 Å². The van der Waals surface area contributed by atoms with Gasteiger partial charge in [0.25, 0.3) is 5.91 Å². The molecule has 0 aromatic heterocycles. The zero-order valence-electron chi connectivity index (χ0n) is 12.5. The predicted octanol–water partition coefficient (Wildman–Crippen LogP) is 1.79. The van der Waals surface area contributed by atoms with E-state index in [0.29, 0.717) is 11.4 Å². The summed E-state index contributed by atoms with van der Waals surface area (Å²) in [6, 6.07) is 15.6. The van der Waals surface area contributed by atoms with E-state index < -0.39 is 16.1 Å². The van der Waals surface area contributed by atoms with Crippen molar-refractivity contribution in [3.05, 3.63) is 60.2 Å². The summed E-state index contributed by atoms with van der Waals surface area (Å²) in [5, 5.41) is 0. The minimum Gasteiger partial charge on any atom is -0.497 e. The van der Waals surface area contributed by atoms with Crippen molar-refractivity contribution in [3.63, 3.8) is 0 Å².